The molecule has 0 amide bonds. The molecule has 0 bridgehead atoms. The minimum Gasteiger partial charge on any atom is -0.462 e. The van der Waals surface area contributed by atoms with Crippen LogP contribution in [0, 0.1) is 5.92 Å². The van der Waals surface area contributed by atoms with E-state index in [9.17, 15) is 4.79 Å². The fourth-order valence-corrected chi connectivity index (χ4v) is 2.02. The van der Waals surface area contributed by atoms with E-state index in [-0.39, 0.29) is 11.6 Å². The molecule has 0 aromatic rings. The Labute approximate surface area is 131 Å². The van der Waals surface area contributed by atoms with Crippen LogP contribution in [0.2, 0.25) is 0 Å². The predicted octanol–water partition coefficient (Wildman–Crippen LogP) is 4.90. The Morgan fingerprint density at radius 2 is 1.71 bits per heavy atom. The lowest BCUT2D eigenvalue weighted by atomic mass is 10.0. The number of unbranched alkanes of at least 4 members (excludes halogenated alkanes) is 2. The summed E-state index contributed by atoms with van der Waals surface area (Å²) in [7, 11) is 0. The van der Waals surface area contributed by atoms with Gasteiger partial charge in [-0.15, -0.1) is 0 Å². The molecule has 0 aromatic heterocycles. The maximum Gasteiger partial charge on any atom is 0.333 e. The van der Waals surface area contributed by atoms with Gasteiger partial charge in [0.25, 0.3) is 0 Å². The molecule has 0 heterocycles. The lowest BCUT2D eigenvalue weighted by Gasteiger charge is -2.25. The highest BCUT2D eigenvalue weighted by atomic mass is 16.5. The van der Waals surface area contributed by atoms with Gasteiger partial charge in [-0.05, 0) is 52.4 Å². The molecule has 0 saturated carbocycles. The first-order valence-corrected chi connectivity index (χ1v) is 8.21. The summed E-state index contributed by atoms with van der Waals surface area (Å²) in [6, 6.07) is 0. The maximum absolute atomic E-state index is 11.2. The normalized spacial score (nSPS) is 11.7. The second-order valence-electron chi connectivity index (χ2n) is 6.87. The predicted molar refractivity (Wildman–Crippen MR) is 88.3 cm³/mol. The molecule has 3 nitrogen and oxygen atoms in total. The molecule has 0 aliphatic rings. The van der Waals surface area contributed by atoms with Gasteiger partial charge >= 0.3 is 5.97 Å². The third-order valence-corrected chi connectivity index (χ3v) is 3.42. The summed E-state index contributed by atoms with van der Waals surface area (Å²) in [5.41, 5.74) is 0.371. The van der Waals surface area contributed by atoms with E-state index >= 15 is 0 Å². The van der Waals surface area contributed by atoms with Gasteiger partial charge in [0.1, 0.15) is 0 Å². The van der Waals surface area contributed by atoms with Crippen LogP contribution in [0.4, 0.5) is 0 Å². The summed E-state index contributed by atoms with van der Waals surface area (Å²) in [4.78, 5) is 11.2. The maximum atomic E-state index is 11.2. The number of hydrogen-bond acceptors (Lipinski definition) is 3. The van der Waals surface area contributed by atoms with Gasteiger partial charge < -0.3 is 9.47 Å². The van der Waals surface area contributed by atoms with Gasteiger partial charge in [-0.3, -0.25) is 0 Å². The van der Waals surface area contributed by atoms with Crippen molar-refractivity contribution in [2.75, 3.05) is 13.2 Å². The van der Waals surface area contributed by atoms with Gasteiger partial charge in [-0.25, -0.2) is 4.79 Å². The summed E-state index contributed by atoms with van der Waals surface area (Å²) in [6.07, 6.45) is 6.52. The standard InChI is InChI=1S/C18H34O3/c1-15(2)11-7-9-14-21-18(5,6)12-8-10-13-20-17(19)16(3)4/h15H,3,7-14H2,1-2,4-6H3. The van der Waals surface area contributed by atoms with Crippen LogP contribution in [0.1, 0.15) is 73.1 Å². The highest BCUT2D eigenvalue weighted by Gasteiger charge is 2.17. The fraction of sp³-hybridized carbons (Fsp3) is 0.833. The first kappa shape index (κ1) is 20.2. The van der Waals surface area contributed by atoms with E-state index in [1.165, 1.54) is 12.8 Å². The van der Waals surface area contributed by atoms with Crippen molar-refractivity contribution in [2.45, 2.75) is 78.7 Å². The number of carbonyl (C=O) groups excluding carboxylic acids is 1. The van der Waals surface area contributed by atoms with Crippen LogP contribution in [-0.2, 0) is 14.3 Å². The summed E-state index contributed by atoms with van der Waals surface area (Å²) in [5.74, 6) is 0.482. The number of rotatable bonds is 12. The van der Waals surface area contributed by atoms with E-state index < -0.39 is 0 Å². The van der Waals surface area contributed by atoms with Crippen molar-refractivity contribution in [3.05, 3.63) is 12.2 Å². The molecule has 0 N–H and O–H groups in total. The average molecular weight is 298 g/mol. The summed E-state index contributed by atoms with van der Waals surface area (Å²) >= 11 is 0. The number of ether oxygens (including phenoxy) is 2. The first-order valence-electron chi connectivity index (χ1n) is 8.21. The van der Waals surface area contributed by atoms with Crippen LogP contribution in [0.15, 0.2) is 12.2 Å². The SMILES string of the molecule is C=C(C)C(=O)OCCCCC(C)(C)OCCCCC(C)C. The highest BCUT2D eigenvalue weighted by molar-refractivity contribution is 5.86. The van der Waals surface area contributed by atoms with Gasteiger partial charge in [0.15, 0.2) is 0 Å². The van der Waals surface area contributed by atoms with E-state index in [0.29, 0.717) is 12.2 Å². The molecule has 21 heavy (non-hydrogen) atoms. The van der Waals surface area contributed by atoms with Gasteiger partial charge in [0.05, 0.1) is 12.2 Å². The number of esters is 1. The van der Waals surface area contributed by atoms with Crippen molar-refractivity contribution in [1.29, 1.82) is 0 Å². The molecule has 3 heteroatoms. The molecule has 0 spiro atoms. The smallest absolute Gasteiger partial charge is 0.333 e. The summed E-state index contributed by atoms with van der Waals surface area (Å²) in [5, 5.41) is 0. The van der Waals surface area contributed by atoms with E-state index in [0.717, 1.165) is 38.2 Å². The van der Waals surface area contributed by atoms with Gasteiger partial charge in [-0.1, -0.05) is 33.3 Å². The van der Waals surface area contributed by atoms with Crippen molar-refractivity contribution in [2.24, 2.45) is 5.92 Å². The molecule has 0 saturated heterocycles. The molecule has 0 aliphatic heterocycles. The fourth-order valence-electron chi connectivity index (χ4n) is 2.02. The Balaban J connectivity index is 3.59. The molecule has 0 radical (unpaired) electrons. The van der Waals surface area contributed by atoms with Gasteiger partial charge in [0.2, 0.25) is 0 Å². The second kappa shape index (κ2) is 10.8. The molecule has 0 fully saturated rings. The first-order chi connectivity index (χ1) is 9.74. The molecule has 0 rings (SSSR count). The lowest BCUT2D eigenvalue weighted by Crippen LogP contribution is -2.25. The molecule has 124 valence electrons. The van der Waals surface area contributed by atoms with Crippen molar-refractivity contribution in [1.82, 2.24) is 0 Å². The minimum atomic E-state index is -0.296. The van der Waals surface area contributed by atoms with Crippen LogP contribution in [0.25, 0.3) is 0 Å². The quantitative estimate of drug-likeness (QED) is 0.292. The Morgan fingerprint density at radius 3 is 2.29 bits per heavy atom. The van der Waals surface area contributed by atoms with Crippen LogP contribution < -0.4 is 0 Å². The Kier molecular flexibility index (Phi) is 10.4. The average Bonchev–Trinajstić information content (AvgIpc) is 2.36. The molecule has 0 unspecified atom stereocenters. The Bertz CT molecular complexity index is 306. The Morgan fingerprint density at radius 1 is 1.10 bits per heavy atom. The second-order valence-corrected chi connectivity index (χ2v) is 6.87. The largest absolute Gasteiger partial charge is 0.462 e. The van der Waals surface area contributed by atoms with E-state index in [1.807, 2.05) is 0 Å². The number of hydrogen-bond donors (Lipinski definition) is 0. The molecule has 0 atom stereocenters. The Hall–Kier alpha value is -0.830. The third-order valence-electron chi connectivity index (χ3n) is 3.42. The zero-order valence-corrected chi connectivity index (χ0v) is 14.7. The van der Waals surface area contributed by atoms with E-state index in [4.69, 9.17) is 9.47 Å². The molecular weight excluding hydrogens is 264 g/mol. The summed E-state index contributed by atoms with van der Waals surface area (Å²) in [6.45, 7) is 15.3. The van der Waals surface area contributed by atoms with Crippen molar-refractivity contribution >= 4 is 5.97 Å². The van der Waals surface area contributed by atoms with Gasteiger partial charge in [-0.2, -0.15) is 0 Å². The van der Waals surface area contributed by atoms with E-state index in [1.54, 1.807) is 6.92 Å². The lowest BCUT2D eigenvalue weighted by molar-refractivity contribution is -0.139. The van der Waals surface area contributed by atoms with Crippen LogP contribution in [0.3, 0.4) is 0 Å². The monoisotopic (exact) mass is 298 g/mol. The van der Waals surface area contributed by atoms with Crippen molar-refractivity contribution in [3.63, 3.8) is 0 Å². The van der Waals surface area contributed by atoms with Crippen LogP contribution in [0.5, 0.6) is 0 Å². The molecule has 0 aromatic carbocycles. The molecule has 0 aliphatic carbocycles. The minimum absolute atomic E-state index is 0.0871. The topological polar surface area (TPSA) is 35.5 Å². The van der Waals surface area contributed by atoms with Crippen molar-refractivity contribution < 1.29 is 14.3 Å². The zero-order chi connectivity index (χ0) is 16.3. The van der Waals surface area contributed by atoms with Gasteiger partial charge in [0, 0.05) is 12.2 Å². The molecular formula is C18H34O3. The van der Waals surface area contributed by atoms with Crippen LogP contribution >= 0.6 is 0 Å². The zero-order valence-electron chi connectivity index (χ0n) is 14.7. The number of carbonyl (C=O) groups is 1. The third kappa shape index (κ3) is 12.6. The van der Waals surface area contributed by atoms with E-state index in [2.05, 4.69) is 34.3 Å². The van der Waals surface area contributed by atoms with Crippen molar-refractivity contribution in [3.8, 4) is 0 Å². The summed E-state index contributed by atoms with van der Waals surface area (Å²) < 4.78 is 11.0. The highest BCUT2D eigenvalue weighted by Crippen LogP contribution is 2.19. The van der Waals surface area contributed by atoms with Crippen LogP contribution in [-0.4, -0.2) is 24.8 Å².